The Hall–Kier alpha value is -0.520. The van der Waals surface area contributed by atoms with Gasteiger partial charge < -0.3 is 0 Å². The molecule has 0 nitrogen and oxygen atoms in total. The van der Waals surface area contributed by atoms with Gasteiger partial charge in [-0.1, -0.05) is 52.8 Å². The Balaban J connectivity index is 0.00000144. The van der Waals surface area contributed by atoms with E-state index in [4.69, 9.17) is 0 Å². The molecule has 0 atom stereocenters. The first-order valence-corrected chi connectivity index (χ1v) is 5.01. The van der Waals surface area contributed by atoms with Crippen molar-refractivity contribution in [2.75, 3.05) is 0 Å². The number of hydrogen-bond donors (Lipinski definition) is 0. The second kappa shape index (κ2) is 5.26. The van der Waals surface area contributed by atoms with E-state index in [2.05, 4.69) is 39.8 Å². The molecule has 0 spiro atoms. The molecule has 0 saturated carbocycles. The molecule has 0 aromatic carbocycles. The zero-order chi connectivity index (χ0) is 9.14. The number of hydrogen-bond acceptors (Lipinski definition) is 0. The van der Waals surface area contributed by atoms with Crippen molar-refractivity contribution in [2.45, 2.75) is 48.0 Å². The van der Waals surface area contributed by atoms with Crippen LogP contribution in [-0.4, -0.2) is 0 Å². The fourth-order valence-electron chi connectivity index (χ4n) is 1.61. The highest BCUT2D eigenvalue weighted by Gasteiger charge is 2.10. The third-order valence-corrected chi connectivity index (χ3v) is 2.57. The molecule has 0 amide bonds. The van der Waals surface area contributed by atoms with Gasteiger partial charge in [-0.25, -0.2) is 0 Å². The molecule has 1 aliphatic rings. The Kier molecular flexibility index (Phi) is 5.05. The molecule has 0 unspecified atom stereocenters. The summed E-state index contributed by atoms with van der Waals surface area (Å²) in [4.78, 5) is 0. The lowest BCUT2D eigenvalue weighted by Crippen LogP contribution is -2.02. The maximum atomic E-state index is 2.40. The van der Waals surface area contributed by atoms with E-state index in [0.29, 0.717) is 5.92 Å². The average molecular weight is 180 g/mol. The molecular formula is C13H24. The molecule has 0 heterocycles. The lowest BCUT2D eigenvalue weighted by molar-refractivity contribution is 0.685. The van der Waals surface area contributed by atoms with Gasteiger partial charge in [-0.05, 0) is 30.3 Å². The predicted octanol–water partition coefficient (Wildman–Crippen LogP) is 4.58. The topological polar surface area (TPSA) is 0 Å². The van der Waals surface area contributed by atoms with E-state index in [-0.39, 0.29) is 7.43 Å². The van der Waals surface area contributed by atoms with Crippen molar-refractivity contribution in [1.82, 2.24) is 0 Å². The van der Waals surface area contributed by atoms with Crippen LogP contribution in [0.15, 0.2) is 23.3 Å². The summed E-state index contributed by atoms with van der Waals surface area (Å²) < 4.78 is 0. The summed E-state index contributed by atoms with van der Waals surface area (Å²) in [6.07, 6.45) is 7.31. The molecule has 0 radical (unpaired) electrons. The van der Waals surface area contributed by atoms with E-state index in [1.807, 2.05) is 0 Å². The monoisotopic (exact) mass is 180 g/mol. The molecule has 1 rings (SSSR count). The minimum atomic E-state index is 0. The van der Waals surface area contributed by atoms with Crippen molar-refractivity contribution in [3.63, 3.8) is 0 Å². The molecule has 0 heteroatoms. The lowest BCUT2D eigenvalue weighted by atomic mass is 9.88. The summed E-state index contributed by atoms with van der Waals surface area (Å²) in [5, 5.41) is 0. The van der Waals surface area contributed by atoms with Crippen molar-refractivity contribution in [2.24, 2.45) is 11.8 Å². The molecule has 0 N–H and O–H groups in total. The van der Waals surface area contributed by atoms with E-state index in [1.165, 1.54) is 18.4 Å². The van der Waals surface area contributed by atoms with Crippen molar-refractivity contribution >= 4 is 0 Å². The van der Waals surface area contributed by atoms with Crippen LogP contribution in [0.25, 0.3) is 0 Å². The van der Waals surface area contributed by atoms with Crippen LogP contribution < -0.4 is 0 Å². The molecular weight excluding hydrogens is 156 g/mol. The van der Waals surface area contributed by atoms with Gasteiger partial charge in [-0.15, -0.1) is 0 Å². The SMILES string of the molecule is C.CC(C)C1=CCCC(C(C)C)=C1. The minimum absolute atomic E-state index is 0. The third-order valence-electron chi connectivity index (χ3n) is 2.57. The van der Waals surface area contributed by atoms with E-state index in [9.17, 15) is 0 Å². The van der Waals surface area contributed by atoms with Gasteiger partial charge >= 0.3 is 0 Å². The van der Waals surface area contributed by atoms with Crippen LogP contribution >= 0.6 is 0 Å². The molecule has 13 heavy (non-hydrogen) atoms. The largest absolute Gasteiger partial charge is 0.0807 e. The van der Waals surface area contributed by atoms with E-state index >= 15 is 0 Å². The van der Waals surface area contributed by atoms with Crippen molar-refractivity contribution in [3.8, 4) is 0 Å². The Morgan fingerprint density at radius 1 is 1.08 bits per heavy atom. The zero-order valence-corrected chi connectivity index (χ0v) is 8.72. The quantitative estimate of drug-likeness (QED) is 0.583. The molecule has 0 saturated heterocycles. The smallest absolute Gasteiger partial charge is 0.0222 e. The second-order valence-corrected chi connectivity index (χ2v) is 4.27. The summed E-state index contributed by atoms with van der Waals surface area (Å²) >= 11 is 0. The summed E-state index contributed by atoms with van der Waals surface area (Å²) in [5.74, 6) is 1.42. The summed E-state index contributed by atoms with van der Waals surface area (Å²) in [6, 6.07) is 0. The standard InChI is InChI=1S/C12H20.CH4/c1-9(2)11-6-5-7-12(8-11)10(3)4;/h6,8-10H,5,7H2,1-4H3;1H4. The number of rotatable bonds is 2. The molecule has 0 fully saturated rings. The summed E-state index contributed by atoms with van der Waals surface area (Å²) in [5.41, 5.74) is 3.16. The Bertz CT molecular complexity index is 204. The molecule has 0 aliphatic heterocycles. The Morgan fingerprint density at radius 3 is 2.15 bits per heavy atom. The van der Waals surface area contributed by atoms with E-state index in [1.54, 1.807) is 5.57 Å². The van der Waals surface area contributed by atoms with Crippen molar-refractivity contribution < 1.29 is 0 Å². The maximum absolute atomic E-state index is 2.40. The predicted molar refractivity (Wildman–Crippen MR) is 61.8 cm³/mol. The molecule has 76 valence electrons. The molecule has 0 aromatic heterocycles. The zero-order valence-electron chi connectivity index (χ0n) is 8.72. The highest BCUT2D eigenvalue weighted by atomic mass is 14.2. The van der Waals surface area contributed by atoms with Gasteiger partial charge in [0.2, 0.25) is 0 Å². The number of allylic oxidation sites excluding steroid dienone is 4. The molecule has 1 aliphatic carbocycles. The Labute approximate surface area is 83.7 Å². The first-order valence-electron chi connectivity index (χ1n) is 5.01. The third kappa shape index (κ3) is 3.38. The molecule has 0 aromatic rings. The van der Waals surface area contributed by atoms with Crippen LogP contribution in [0.2, 0.25) is 0 Å². The average Bonchev–Trinajstić information content (AvgIpc) is 2.04. The van der Waals surface area contributed by atoms with Gasteiger partial charge in [0.1, 0.15) is 0 Å². The van der Waals surface area contributed by atoms with Gasteiger partial charge in [0, 0.05) is 0 Å². The van der Waals surface area contributed by atoms with Crippen LogP contribution in [0, 0.1) is 11.8 Å². The van der Waals surface area contributed by atoms with Gasteiger partial charge in [-0.3, -0.25) is 0 Å². The maximum Gasteiger partial charge on any atom is -0.0222 e. The first-order chi connectivity index (χ1) is 5.61. The van der Waals surface area contributed by atoms with Gasteiger partial charge in [0.25, 0.3) is 0 Å². The van der Waals surface area contributed by atoms with Gasteiger partial charge in [0.15, 0.2) is 0 Å². The van der Waals surface area contributed by atoms with Gasteiger partial charge in [0.05, 0.1) is 0 Å². The van der Waals surface area contributed by atoms with Crippen molar-refractivity contribution in [3.05, 3.63) is 23.3 Å². The highest BCUT2D eigenvalue weighted by Crippen LogP contribution is 2.26. The lowest BCUT2D eigenvalue weighted by Gasteiger charge is -2.18. The van der Waals surface area contributed by atoms with Gasteiger partial charge in [-0.2, -0.15) is 0 Å². The van der Waals surface area contributed by atoms with E-state index < -0.39 is 0 Å². The summed E-state index contributed by atoms with van der Waals surface area (Å²) in [7, 11) is 0. The van der Waals surface area contributed by atoms with Crippen LogP contribution in [0.3, 0.4) is 0 Å². The normalized spacial score (nSPS) is 16.8. The van der Waals surface area contributed by atoms with Crippen LogP contribution in [0.5, 0.6) is 0 Å². The molecule has 0 bridgehead atoms. The fraction of sp³-hybridized carbons (Fsp3) is 0.692. The fourth-order valence-corrected chi connectivity index (χ4v) is 1.61. The van der Waals surface area contributed by atoms with Crippen molar-refractivity contribution in [1.29, 1.82) is 0 Å². The van der Waals surface area contributed by atoms with Crippen LogP contribution in [0.1, 0.15) is 48.0 Å². The van der Waals surface area contributed by atoms with Crippen LogP contribution in [-0.2, 0) is 0 Å². The summed E-state index contributed by atoms with van der Waals surface area (Å²) in [6.45, 7) is 9.11. The van der Waals surface area contributed by atoms with E-state index in [0.717, 1.165) is 5.92 Å². The minimum Gasteiger partial charge on any atom is -0.0807 e. The second-order valence-electron chi connectivity index (χ2n) is 4.27. The highest BCUT2D eigenvalue weighted by molar-refractivity contribution is 5.29. The van der Waals surface area contributed by atoms with Crippen LogP contribution in [0.4, 0.5) is 0 Å². The Morgan fingerprint density at radius 2 is 1.69 bits per heavy atom. The first kappa shape index (κ1) is 12.5.